The normalized spacial score (nSPS) is 14.5. The monoisotopic (exact) mass is 241 g/mol. The molecule has 0 radical (unpaired) electrons. The maximum absolute atomic E-state index is 12.0. The molecule has 0 spiro atoms. The summed E-state index contributed by atoms with van der Waals surface area (Å²) in [4.78, 5) is 24.1. The highest BCUT2D eigenvalue weighted by atomic mass is 27.1. The molecule has 0 bridgehead atoms. The van der Waals surface area contributed by atoms with Crippen molar-refractivity contribution in [2.24, 2.45) is 0 Å². The molecule has 5 heteroatoms. The smallest absolute Gasteiger partial charge is 0.404 e. The molecule has 0 unspecified atom stereocenters. The lowest BCUT2D eigenvalue weighted by Crippen LogP contribution is -2.39. The SMILES string of the molecule is O=C1c2cccc3cccc(c23)C(=O)N1[O][AlH2]. The number of amides is 2. The third-order valence-electron chi connectivity index (χ3n) is 2.92. The van der Waals surface area contributed by atoms with Gasteiger partial charge in [0.25, 0.3) is 11.8 Å². The lowest BCUT2D eigenvalue weighted by molar-refractivity contribution is -0.0146. The van der Waals surface area contributed by atoms with Gasteiger partial charge in [0.15, 0.2) is 0 Å². The molecule has 0 atom stereocenters. The zero-order chi connectivity index (χ0) is 12.0. The van der Waals surface area contributed by atoms with Gasteiger partial charge in [0, 0.05) is 5.39 Å². The van der Waals surface area contributed by atoms with Crippen molar-refractivity contribution in [2.45, 2.75) is 0 Å². The van der Waals surface area contributed by atoms with Gasteiger partial charge in [-0.2, -0.15) is 5.06 Å². The van der Waals surface area contributed by atoms with Gasteiger partial charge in [-0.05, 0) is 17.5 Å². The summed E-state index contributed by atoms with van der Waals surface area (Å²) in [6, 6.07) is 10.8. The molecule has 17 heavy (non-hydrogen) atoms. The lowest BCUT2D eigenvalue weighted by Gasteiger charge is -2.25. The van der Waals surface area contributed by atoms with Crippen LogP contribution in [0.2, 0.25) is 0 Å². The van der Waals surface area contributed by atoms with Crippen LogP contribution in [0.1, 0.15) is 20.7 Å². The van der Waals surface area contributed by atoms with Crippen LogP contribution in [0.3, 0.4) is 0 Å². The van der Waals surface area contributed by atoms with Gasteiger partial charge in [0.2, 0.25) is 0 Å². The molecule has 0 fully saturated rings. The Bertz CT molecular complexity index is 602. The molecule has 0 aromatic heterocycles. The van der Waals surface area contributed by atoms with E-state index >= 15 is 0 Å². The number of hydroxylamine groups is 2. The van der Waals surface area contributed by atoms with Crippen LogP contribution in [0.15, 0.2) is 36.4 Å². The topological polar surface area (TPSA) is 46.6 Å². The van der Waals surface area contributed by atoms with E-state index in [4.69, 9.17) is 3.89 Å². The average molecular weight is 241 g/mol. The van der Waals surface area contributed by atoms with Gasteiger partial charge in [0.05, 0.1) is 11.1 Å². The van der Waals surface area contributed by atoms with Crippen LogP contribution in [-0.4, -0.2) is 33.5 Å². The van der Waals surface area contributed by atoms with Crippen molar-refractivity contribution in [1.29, 1.82) is 0 Å². The number of hydrogen-bond donors (Lipinski definition) is 0. The Morgan fingerprint density at radius 1 is 0.941 bits per heavy atom. The van der Waals surface area contributed by atoms with Gasteiger partial charge < -0.3 is 3.89 Å². The summed E-state index contributed by atoms with van der Waals surface area (Å²) >= 11 is 0.297. The second-order valence-corrected chi connectivity index (χ2v) is 4.16. The van der Waals surface area contributed by atoms with Crippen LogP contribution >= 0.6 is 0 Å². The molecule has 0 saturated carbocycles. The highest BCUT2D eigenvalue weighted by Crippen LogP contribution is 2.29. The lowest BCUT2D eigenvalue weighted by atomic mass is 9.95. The highest BCUT2D eigenvalue weighted by Gasteiger charge is 2.32. The maximum atomic E-state index is 12.0. The van der Waals surface area contributed by atoms with Crippen molar-refractivity contribution in [3.05, 3.63) is 47.5 Å². The van der Waals surface area contributed by atoms with Crippen LogP contribution < -0.4 is 0 Å². The quantitative estimate of drug-likeness (QED) is 0.551. The predicted molar refractivity (Wildman–Crippen MR) is 64.1 cm³/mol. The van der Waals surface area contributed by atoms with Crippen molar-refractivity contribution >= 4 is 39.2 Å². The predicted octanol–water partition coefficient (Wildman–Crippen LogP) is 0.915. The largest absolute Gasteiger partial charge is 0.454 e. The Kier molecular flexibility index (Phi) is 2.27. The molecule has 1 aliphatic heterocycles. The van der Waals surface area contributed by atoms with Crippen LogP contribution in [-0.2, 0) is 3.89 Å². The molecule has 1 heterocycles. The third kappa shape index (κ3) is 1.34. The first-order valence-electron chi connectivity index (χ1n) is 5.18. The van der Waals surface area contributed by atoms with Crippen molar-refractivity contribution in [1.82, 2.24) is 5.06 Å². The fourth-order valence-electron chi connectivity index (χ4n) is 2.17. The summed E-state index contributed by atoms with van der Waals surface area (Å²) in [7, 11) is 0. The zero-order valence-electron chi connectivity index (χ0n) is 9.14. The number of rotatable bonds is 1. The van der Waals surface area contributed by atoms with E-state index in [1.807, 2.05) is 12.1 Å². The Labute approximate surface area is 105 Å². The van der Waals surface area contributed by atoms with Crippen molar-refractivity contribution < 1.29 is 13.5 Å². The summed E-state index contributed by atoms with van der Waals surface area (Å²) in [5.41, 5.74) is 1.04. The second-order valence-electron chi connectivity index (χ2n) is 3.80. The van der Waals surface area contributed by atoms with Gasteiger partial charge in [-0.3, -0.25) is 9.59 Å². The first-order chi connectivity index (χ1) is 8.24. The van der Waals surface area contributed by atoms with Gasteiger partial charge in [-0.15, -0.1) is 0 Å². The molecular formula is C12H8AlNO3. The molecule has 4 nitrogen and oxygen atoms in total. The van der Waals surface area contributed by atoms with E-state index in [-0.39, 0.29) is 11.8 Å². The van der Waals surface area contributed by atoms with Crippen molar-refractivity contribution in [3.63, 3.8) is 0 Å². The van der Waals surface area contributed by atoms with E-state index in [0.29, 0.717) is 27.8 Å². The van der Waals surface area contributed by atoms with Crippen LogP contribution in [0.5, 0.6) is 0 Å². The Morgan fingerprint density at radius 3 is 1.94 bits per heavy atom. The minimum Gasteiger partial charge on any atom is -0.404 e. The Balaban J connectivity index is 2.43. The molecule has 1 aliphatic rings. The minimum atomic E-state index is -0.380. The van der Waals surface area contributed by atoms with E-state index in [0.717, 1.165) is 15.8 Å². The van der Waals surface area contributed by atoms with E-state index in [9.17, 15) is 9.59 Å². The molecule has 82 valence electrons. The van der Waals surface area contributed by atoms with Crippen LogP contribution in [0.25, 0.3) is 10.8 Å². The summed E-state index contributed by atoms with van der Waals surface area (Å²) in [6.07, 6.45) is 0. The van der Waals surface area contributed by atoms with Crippen LogP contribution in [0.4, 0.5) is 0 Å². The summed E-state index contributed by atoms with van der Waals surface area (Å²) in [5.74, 6) is -0.761. The highest BCUT2D eigenvalue weighted by molar-refractivity contribution is 6.25. The molecule has 2 aromatic carbocycles. The molecule has 0 saturated heterocycles. The van der Waals surface area contributed by atoms with E-state index in [1.54, 1.807) is 24.3 Å². The van der Waals surface area contributed by atoms with Gasteiger partial charge >= 0.3 is 16.6 Å². The van der Waals surface area contributed by atoms with Gasteiger partial charge in [-0.25, -0.2) is 0 Å². The molecule has 0 N–H and O–H groups in total. The fraction of sp³-hybridized carbons (Fsp3) is 0. The number of imide groups is 1. The van der Waals surface area contributed by atoms with E-state index in [1.165, 1.54) is 0 Å². The van der Waals surface area contributed by atoms with Gasteiger partial charge in [-0.1, -0.05) is 24.3 Å². The van der Waals surface area contributed by atoms with E-state index < -0.39 is 0 Å². The number of benzene rings is 2. The zero-order valence-corrected chi connectivity index (χ0v) is 11.1. The number of carbonyl (C=O) groups is 2. The summed E-state index contributed by atoms with van der Waals surface area (Å²) in [5, 5.41) is 2.47. The molecule has 0 aliphatic carbocycles. The molecule has 2 amide bonds. The average Bonchev–Trinajstić information content (AvgIpc) is 2.36. The first kappa shape index (κ1) is 10.5. The summed E-state index contributed by atoms with van der Waals surface area (Å²) in [6.45, 7) is 0. The standard InChI is InChI=1S/C12H6NO3.Al.2H/c14-11-8-5-1-3-7-4-2-6-9(10(7)8)12(15)13(11)16;;;/h1-6H;;;/q-1;+1;;. The number of hydrogen-bond acceptors (Lipinski definition) is 3. The third-order valence-corrected chi connectivity index (χ3v) is 3.28. The molecule has 3 rings (SSSR count). The molecular weight excluding hydrogens is 233 g/mol. The second kappa shape index (κ2) is 3.67. The Hall–Kier alpha value is -1.67. The Morgan fingerprint density at radius 2 is 1.47 bits per heavy atom. The maximum Gasteiger partial charge on any atom is 0.454 e. The van der Waals surface area contributed by atoms with Crippen molar-refractivity contribution in [3.8, 4) is 0 Å². The first-order valence-corrected chi connectivity index (χ1v) is 6.00. The minimum absolute atomic E-state index is 0.297. The van der Waals surface area contributed by atoms with E-state index in [2.05, 4.69) is 0 Å². The summed E-state index contributed by atoms with van der Waals surface area (Å²) < 4.78 is 4.98. The number of nitrogens with zero attached hydrogens (tertiary/aromatic N) is 1. The van der Waals surface area contributed by atoms with Gasteiger partial charge in [0.1, 0.15) is 0 Å². The van der Waals surface area contributed by atoms with Crippen LogP contribution in [0, 0.1) is 0 Å². The molecule has 2 aromatic rings. The van der Waals surface area contributed by atoms with Crippen molar-refractivity contribution in [2.75, 3.05) is 0 Å². The number of carbonyl (C=O) groups excluding carboxylic acids is 2. The fourth-order valence-corrected chi connectivity index (χ4v) is 2.51.